The van der Waals surface area contributed by atoms with Crippen molar-refractivity contribution in [1.29, 1.82) is 0 Å². The molecule has 0 aliphatic rings. The normalized spacial score (nSPS) is 14.5. The van der Waals surface area contributed by atoms with Gasteiger partial charge < -0.3 is 5.11 Å². The minimum absolute atomic E-state index is 0.0616. The topological polar surface area (TPSA) is 57.6 Å². The fourth-order valence-electron chi connectivity index (χ4n) is 2.87. The minimum atomic E-state index is -3.84. The van der Waals surface area contributed by atoms with Crippen LogP contribution in [-0.4, -0.2) is 30.1 Å². The maximum atomic E-state index is 13.3. The average molecular weight is 375 g/mol. The standard InChI is InChI=1S/C21H28NO3S/c1-4-21(23,17-19-11-7-5-8-12-19)22(16-15-18(2)3)26(24,25)20-13-9-6-10-14-20/h5-14,18,23H,1,4,15-17H2,2-3H3. The van der Waals surface area contributed by atoms with Gasteiger partial charge in [-0.2, -0.15) is 4.31 Å². The van der Waals surface area contributed by atoms with E-state index in [4.69, 9.17) is 0 Å². The van der Waals surface area contributed by atoms with Crippen molar-refractivity contribution in [3.63, 3.8) is 0 Å². The Kier molecular flexibility index (Phi) is 6.98. The molecular formula is C21H28NO3S. The van der Waals surface area contributed by atoms with Crippen LogP contribution < -0.4 is 0 Å². The molecule has 0 aliphatic heterocycles. The number of rotatable bonds is 9. The third kappa shape index (κ3) is 4.93. The van der Waals surface area contributed by atoms with Gasteiger partial charge in [0.15, 0.2) is 0 Å². The van der Waals surface area contributed by atoms with Crippen molar-refractivity contribution < 1.29 is 13.5 Å². The van der Waals surface area contributed by atoms with Gasteiger partial charge in [-0.25, -0.2) is 8.42 Å². The van der Waals surface area contributed by atoms with Crippen molar-refractivity contribution in [2.24, 2.45) is 5.92 Å². The van der Waals surface area contributed by atoms with E-state index in [1.54, 1.807) is 30.3 Å². The second-order valence-corrected chi connectivity index (χ2v) is 8.83. The molecule has 0 saturated carbocycles. The fourth-order valence-corrected chi connectivity index (χ4v) is 4.58. The van der Waals surface area contributed by atoms with Gasteiger partial charge in [0.1, 0.15) is 5.72 Å². The van der Waals surface area contributed by atoms with Crippen LogP contribution in [0.25, 0.3) is 0 Å². The van der Waals surface area contributed by atoms with Gasteiger partial charge in [-0.1, -0.05) is 62.4 Å². The van der Waals surface area contributed by atoms with E-state index in [2.05, 4.69) is 6.92 Å². The van der Waals surface area contributed by atoms with E-state index in [0.717, 1.165) is 5.56 Å². The summed E-state index contributed by atoms with van der Waals surface area (Å²) in [5.74, 6) is 0.314. The van der Waals surface area contributed by atoms with Gasteiger partial charge in [-0.3, -0.25) is 0 Å². The molecule has 5 heteroatoms. The lowest BCUT2D eigenvalue weighted by Gasteiger charge is -2.38. The predicted molar refractivity (Wildman–Crippen MR) is 105 cm³/mol. The largest absolute Gasteiger partial charge is 0.374 e. The summed E-state index contributed by atoms with van der Waals surface area (Å²) in [7, 11) is -3.84. The number of sulfonamides is 1. The SMILES string of the molecule is [CH2]CC(O)(Cc1ccccc1)N(CCC(C)C)S(=O)(=O)c1ccccc1. The first-order valence-corrected chi connectivity index (χ1v) is 10.4. The third-order valence-electron chi connectivity index (χ3n) is 4.44. The van der Waals surface area contributed by atoms with Crippen LogP contribution >= 0.6 is 0 Å². The summed E-state index contributed by atoms with van der Waals surface area (Å²) >= 11 is 0. The van der Waals surface area contributed by atoms with E-state index in [9.17, 15) is 13.5 Å². The number of nitrogens with zero attached hydrogens (tertiary/aromatic N) is 1. The molecule has 141 valence electrons. The van der Waals surface area contributed by atoms with Gasteiger partial charge in [-0.05, 0) is 43.4 Å². The monoisotopic (exact) mass is 374 g/mol. The highest BCUT2D eigenvalue weighted by Crippen LogP contribution is 2.29. The second kappa shape index (κ2) is 8.80. The molecule has 26 heavy (non-hydrogen) atoms. The Morgan fingerprint density at radius 2 is 1.58 bits per heavy atom. The molecule has 2 aromatic carbocycles. The zero-order valence-corrected chi connectivity index (χ0v) is 16.3. The molecule has 0 fully saturated rings. The molecule has 2 aromatic rings. The molecule has 1 atom stereocenters. The summed E-state index contributed by atoms with van der Waals surface area (Å²) in [4.78, 5) is 0.184. The zero-order chi connectivity index (χ0) is 19.2. The van der Waals surface area contributed by atoms with E-state index >= 15 is 0 Å². The Hall–Kier alpha value is -1.69. The first-order valence-electron chi connectivity index (χ1n) is 8.93. The molecule has 0 spiro atoms. The van der Waals surface area contributed by atoms with E-state index in [0.29, 0.717) is 12.3 Å². The first-order chi connectivity index (χ1) is 12.3. The molecule has 0 amide bonds. The van der Waals surface area contributed by atoms with E-state index in [1.807, 2.05) is 44.2 Å². The van der Waals surface area contributed by atoms with Gasteiger partial charge in [0, 0.05) is 13.0 Å². The van der Waals surface area contributed by atoms with Crippen LogP contribution in [0.2, 0.25) is 0 Å². The Bertz CT molecular complexity index is 775. The second-order valence-electron chi connectivity index (χ2n) is 6.97. The molecule has 1 N–H and O–H groups in total. The highest BCUT2D eigenvalue weighted by Gasteiger charge is 2.41. The highest BCUT2D eigenvalue weighted by atomic mass is 32.2. The van der Waals surface area contributed by atoms with E-state index < -0.39 is 15.7 Å². The smallest absolute Gasteiger partial charge is 0.245 e. The van der Waals surface area contributed by atoms with Gasteiger partial charge in [-0.15, -0.1) is 0 Å². The molecular weight excluding hydrogens is 346 g/mol. The molecule has 0 saturated heterocycles. The van der Waals surface area contributed by atoms with Crippen LogP contribution in [0.5, 0.6) is 0 Å². The summed E-state index contributed by atoms with van der Waals surface area (Å²) in [6, 6.07) is 17.7. The summed E-state index contributed by atoms with van der Waals surface area (Å²) < 4.78 is 27.8. The van der Waals surface area contributed by atoms with Crippen LogP contribution in [0.1, 0.15) is 32.3 Å². The average Bonchev–Trinajstić information content (AvgIpc) is 2.63. The summed E-state index contributed by atoms with van der Waals surface area (Å²) in [5.41, 5.74) is -0.707. The van der Waals surface area contributed by atoms with Crippen LogP contribution in [0.4, 0.5) is 0 Å². The van der Waals surface area contributed by atoms with Crippen LogP contribution in [0.3, 0.4) is 0 Å². The third-order valence-corrected chi connectivity index (χ3v) is 6.41. The van der Waals surface area contributed by atoms with E-state index in [1.165, 1.54) is 4.31 Å². The number of hydrogen-bond acceptors (Lipinski definition) is 3. The van der Waals surface area contributed by atoms with Gasteiger partial charge >= 0.3 is 0 Å². The van der Waals surface area contributed by atoms with Crippen LogP contribution in [0.15, 0.2) is 65.6 Å². The van der Waals surface area contributed by atoms with Crippen molar-refractivity contribution in [2.45, 2.75) is 43.7 Å². The molecule has 2 rings (SSSR count). The Labute approximate surface area is 157 Å². The maximum absolute atomic E-state index is 13.3. The zero-order valence-electron chi connectivity index (χ0n) is 15.5. The first kappa shape index (κ1) is 20.6. The molecule has 4 nitrogen and oxygen atoms in total. The lowest BCUT2D eigenvalue weighted by atomic mass is 9.99. The van der Waals surface area contributed by atoms with Crippen molar-refractivity contribution in [3.05, 3.63) is 73.2 Å². The summed E-state index contributed by atoms with van der Waals surface area (Å²) in [6.07, 6.45) is 0.913. The minimum Gasteiger partial charge on any atom is -0.374 e. The Balaban J connectivity index is 2.44. The Morgan fingerprint density at radius 3 is 2.08 bits per heavy atom. The molecule has 1 unspecified atom stereocenters. The number of hydrogen-bond donors (Lipinski definition) is 1. The number of benzene rings is 2. The summed E-state index contributed by atoms with van der Waals surface area (Å²) in [5, 5.41) is 11.3. The quantitative estimate of drug-likeness (QED) is 0.678. The van der Waals surface area contributed by atoms with Crippen molar-refractivity contribution >= 4 is 10.0 Å². The highest BCUT2D eigenvalue weighted by molar-refractivity contribution is 7.89. The van der Waals surface area contributed by atoms with Gasteiger partial charge in [0.05, 0.1) is 4.90 Å². The Morgan fingerprint density at radius 1 is 1.04 bits per heavy atom. The predicted octanol–water partition coefficient (Wildman–Crippen LogP) is 3.88. The molecule has 1 radical (unpaired) electrons. The lowest BCUT2D eigenvalue weighted by molar-refractivity contribution is -0.0597. The lowest BCUT2D eigenvalue weighted by Crippen LogP contribution is -2.53. The van der Waals surface area contributed by atoms with E-state index in [-0.39, 0.29) is 24.3 Å². The summed E-state index contributed by atoms with van der Waals surface area (Å²) in [6.45, 7) is 8.17. The fraction of sp³-hybridized carbons (Fsp3) is 0.381. The molecule has 0 bridgehead atoms. The van der Waals surface area contributed by atoms with Crippen LogP contribution in [0, 0.1) is 12.8 Å². The van der Waals surface area contributed by atoms with Gasteiger partial charge in [0.25, 0.3) is 0 Å². The van der Waals surface area contributed by atoms with Crippen molar-refractivity contribution in [1.82, 2.24) is 4.31 Å². The van der Waals surface area contributed by atoms with Crippen molar-refractivity contribution in [3.8, 4) is 0 Å². The maximum Gasteiger partial charge on any atom is 0.245 e. The molecule has 0 heterocycles. The van der Waals surface area contributed by atoms with Crippen LogP contribution in [-0.2, 0) is 16.4 Å². The molecule has 0 aliphatic carbocycles. The van der Waals surface area contributed by atoms with Crippen molar-refractivity contribution in [2.75, 3.05) is 6.54 Å². The molecule has 0 aromatic heterocycles. The van der Waals surface area contributed by atoms with Gasteiger partial charge in [0.2, 0.25) is 10.0 Å². The number of aliphatic hydroxyl groups is 1.